The Morgan fingerprint density at radius 2 is 2.12 bits per heavy atom. The predicted octanol–water partition coefficient (Wildman–Crippen LogP) is 2.73. The average Bonchev–Trinajstić information content (AvgIpc) is 3.24. The number of ether oxygens (including phenoxy) is 1. The van der Waals surface area contributed by atoms with E-state index in [0.717, 1.165) is 28.6 Å². The van der Waals surface area contributed by atoms with E-state index >= 15 is 0 Å². The molecule has 1 amide bonds. The summed E-state index contributed by atoms with van der Waals surface area (Å²) in [6.07, 6.45) is 4.17. The highest BCUT2D eigenvalue weighted by molar-refractivity contribution is 5.77. The van der Waals surface area contributed by atoms with Crippen molar-refractivity contribution in [2.75, 3.05) is 13.2 Å². The normalized spacial score (nSPS) is 10.6. The number of rotatable bonds is 7. The van der Waals surface area contributed by atoms with Crippen molar-refractivity contribution in [3.63, 3.8) is 0 Å². The number of nitrogens with zero attached hydrogens (tertiary/aromatic N) is 2. The maximum Gasteiger partial charge on any atom is 0.257 e. The summed E-state index contributed by atoms with van der Waals surface area (Å²) in [6.45, 7) is 2.45. The third-order valence-corrected chi connectivity index (χ3v) is 3.87. The van der Waals surface area contributed by atoms with Gasteiger partial charge in [-0.25, -0.2) is 4.98 Å². The average molecular weight is 339 g/mol. The number of benzene rings is 1. The van der Waals surface area contributed by atoms with Gasteiger partial charge < -0.3 is 19.0 Å². The first-order valence-electron chi connectivity index (χ1n) is 8.15. The highest BCUT2D eigenvalue weighted by atomic mass is 16.5. The molecule has 6 nitrogen and oxygen atoms in total. The number of carbonyl (C=O) groups excluding carboxylic acids is 1. The molecule has 3 aromatic rings. The first-order chi connectivity index (χ1) is 12.1. The maximum atomic E-state index is 11.9. The van der Waals surface area contributed by atoms with Crippen LogP contribution >= 0.6 is 0 Å². The van der Waals surface area contributed by atoms with E-state index in [9.17, 15) is 4.79 Å². The summed E-state index contributed by atoms with van der Waals surface area (Å²) in [4.78, 5) is 16.5. The first-order valence-corrected chi connectivity index (χ1v) is 8.15. The molecule has 3 rings (SSSR count). The summed E-state index contributed by atoms with van der Waals surface area (Å²) >= 11 is 0. The minimum atomic E-state index is -0.149. The van der Waals surface area contributed by atoms with Crippen molar-refractivity contribution >= 4 is 5.91 Å². The summed E-state index contributed by atoms with van der Waals surface area (Å²) < 4.78 is 12.8. The van der Waals surface area contributed by atoms with Gasteiger partial charge in [-0.1, -0.05) is 18.2 Å². The van der Waals surface area contributed by atoms with Crippen LogP contribution in [0.2, 0.25) is 0 Å². The van der Waals surface area contributed by atoms with Gasteiger partial charge in [0, 0.05) is 26.2 Å². The molecule has 1 aromatic carbocycles. The van der Waals surface area contributed by atoms with Crippen molar-refractivity contribution in [2.24, 2.45) is 7.05 Å². The molecule has 0 aliphatic rings. The van der Waals surface area contributed by atoms with Crippen LogP contribution in [0.5, 0.6) is 5.75 Å². The Balaban J connectivity index is 1.46. The Kier molecular flexibility index (Phi) is 5.18. The Labute approximate surface area is 146 Å². The van der Waals surface area contributed by atoms with Gasteiger partial charge in [-0.15, -0.1) is 0 Å². The molecule has 0 radical (unpaired) electrons. The number of para-hydroxylation sites is 1. The lowest BCUT2D eigenvalue weighted by Gasteiger charge is -2.09. The standard InChI is InChI=1S/C19H21N3O3/c1-14-6-3-4-7-16(14)25-13-19(23)20-10-9-18-21-15(12-22(18)2)17-8-5-11-24-17/h3-8,11-12H,9-10,13H2,1-2H3,(H,20,23). The number of furan rings is 1. The van der Waals surface area contributed by atoms with Crippen LogP contribution in [0.25, 0.3) is 11.5 Å². The van der Waals surface area contributed by atoms with Crippen LogP contribution in [0.4, 0.5) is 0 Å². The summed E-state index contributed by atoms with van der Waals surface area (Å²) in [5.41, 5.74) is 1.80. The van der Waals surface area contributed by atoms with E-state index in [2.05, 4.69) is 10.3 Å². The zero-order chi connectivity index (χ0) is 17.6. The molecule has 0 fully saturated rings. The fourth-order valence-corrected chi connectivity index (χ4v) is 2.51. The number of hydrogen-bond donors (Lipinski definition) is 1. The lowest BCUT2D eigenvalue weighted by atomic mass is 10.2. The fourth-order valence-electron chi connectivity index (χ4n) is 2.51. The molecule has 0 unspecified atom stereocenters. The molecule has 0 bridgehead atoms. The van der Waals surface area contributed by atoms with E-state index in [1.807, 2.05) is 61.1 Å². The summed E-state index contributed by atoms with van der Waals surface area (Å²) in [5, 5.41) is 2.85. The molecule has 0 saturated carbocycles. The van der Waals surface area contributed by atoms with Crippen LogP contribution in [0.3, 0.4) is 0 Å². The third-order valence-electron chi connectivity index (χ3n) is 3.87. The summed E-state index contributed by atoms with van der Waals surface area (Å²) in [7, 11) is 1.93. The van der Waals surface area contributed by atoms with Crippen LogP contribution in [-0.4, -0.2) is 28.6 Å². The first kappa shape index (κ1) is 16.8. The largest absolute Gasteiger partial charge is 0.484 e. The molecule has 0 atom stereocenters. The number of aromatic nitrogens is 2. The van der Waals surface area contributed by atoms with Gasteiger partial charge in [0.25, 0.3) is 5.91 Å². The molecular weight excluding hydrogens is 318 g/mol. The van der Waals surface area contributed by atoms with Gasteiger partial charge in [-0.05, 0) is 30.7 Å². The zero-order valence-electron chi connectivity index (χ0n) is 14.4. The zero-order valence-corrected chi connectivity index (χ0v) is 14.4. The molecule has 0 aliphatic carbocycles. The van der Waals surface area contributed by atoms with Crippen molar-refractivity contribution in [2.45, 2.75) is 13.3 Å². The lowest BCUT2D eigenvalue weighted by Crippen LogP contribution is -2.31. The number of carbonyl (C=O) groups is 1. The van der Waals surface area contributed by atoms with Crippen molar-refractivity contribution in [1.29, 1.82) is 0 Å². The SMILES string of the molecule is Cc1ccccc1OCC(=O)NCCc1nc(-c2ccco2)cn1C. The van der Waals surface area contributed by atoms with E-state index in [1.54, 1.807) is 6.26 Å². The van der Waals surface area contributed by atoms with Gasteiger partial charge in [0.05, 0.1) is 6.26 Å². The summed E-state index contributed by atoms with van der Waals surface area (Å²) in [5.74, 6) is 2.19. The van der Waals surface area contributed by atoms with Gasteiger partial charge >= 0.3 is 0 Å². The molecule has 1 N–H and O–H groups in total. The molecule has 6 heteroatoms. The van der Waals surface area contributed by atoms with Crippen molar-refractivity contribution in [1.82, 2.24) is 14.9 Å². The highest BCUT2D eigenvalue weighted by Gasteiger charge is 2.10. The molecule has 2 heterocycles. The smallest absolute Gasteiger partial charge is 0.257 e. The minimum Gasteiger partial charge on any atom is -0.484 e. The second kappa shape index (κ2) is 7.70. The van der Waals surface area contributed by atoms with Crippen LogP contribution in [-0.2, 0) is 18.3 Å². The maximum absolute atomic E-state index is 11.9. The Hall–Kier alpha value is -3.02. The topological polar surface area (TPSA) is 69.3 Å². The molecular formula is C19H21N3O3. The molecule has 2 aromatic heterocycles. The highest BCUT2D eigenvalue weighted by Crippen LogP contribution is 2.18. The van der Waals surface area contributed by atoms with Crippen LogP contribution in [0.15, 0.2) is 53.3 Å². The molecule has 25 heavy (non-hydrogen) atoms. The number of nitrogens with one attached hydrogen (secondary N) is 1. The second-order valence-electron chi connectivity index (χ2n) is 5.78. The van der Waals surface area contributed by atoms with E-state index in [-0.39, 0.29) is 12.5 Å². The van der Waals surface area contributed by atoms with Crippen molar-refractivity contribution in [3.8, 4) is 17.2 Å². The van der Waals surface area contributed by atoms with Gasteiger partial charge in [-0.3, -0.25) is 4.79 Å². The van der Waals surface area contributed by atoms with Gasteiger partial charge in [0.1, 0.15) is 17.3 Å². The molecule has 0 aliphatic heterocycles. The van der Waals surface area contributed by atoms with E-state index < -0.39 is 0 Å². The van der Waals surface area contributed by atoms with Crippen molar-refractivity contribution in [3.05, 3.63) is 60.2 Å². The van der Waals surface area contributed by atoms with Gasteiger partial charge in [-0.2, -0.15) is 0 Å². The minimum absolute atomic E-state index is 0.00304. The van der Waals surface area contributed by atoms with Crippen molar-refractivity contribution < 1.29 is 13.9 Å². The number of amides is 1. The van der Waals surface area contributed by atoms with Gasteiger partial charge in [0.15, 0.2) is 12.4 Å². The Morgan fingerprint density at radius 3 is 2.88 bits per heavy atom. The Morgan fingerprint density at radius 1 is 1.28 bits per heavy atom. The molecule has 0 spiro atoms. The van der Waals surface area contributed by atoms with Crippen LogP contribution in [0, 0.1) is 6.92 Å². The van der Waals surface area contributed by atoms with E-state index in [1.165, 1.54) is 0 Å². The monoisotopic (exact) mass is 339 g/mol. The number of hydrogen-bond acceptors (Lipinski definition) is 4. The quantitative estimate of drug-likeness (QED) is 0.718. The fraction of sp³-hybridized carbons (Fsp3) is 0.263. The number of imidazole rings is 1. The Bertz CT molecular complexity index is 837. The molecule has 0 saturated heterocycles. The summed E-state index contributed by atoms with van der Waals surface area (Å²) in [6, 6.07) is 11.3. The van der Waals surface area contributed by atoms with Gasteiger partial charge in [0.2, 0.25) is 0 Å². The molecule has 130 valence electrons. The second-order valence-corrected chi connectivity index (χ2v) is 5.78. The third kappa shape index (κ3) is 4.29. The number of aryl methyl sites for hydroxylation is 2. The lowest BCUT2D eigenvalue weighted by molar-refractivity contribution is -0.123. The van der Waals surface area contributed by atoms with Crippen LogP contribution in [0.1, 0.15) is 11.4 Å². The predicted molar refractivity (Wildman–Crippen MR) is 94.3 cm³/mol. The van der Waals surface area contributed by atoms with Crippen LogP contribution < -0.4 is 10.1 Å². The van der Waals surface area contributed by atoms with E-state index in [4.69, 9.17) is 9.15 Å². The van der Waals surface area contributed by atoms with E-state index in [0.29, 0.717) is 13.0 Å².